The standard InChI is InChI=1S/C28H34O.C27H28O3/c1-18-8-10-20(11-9-18)21-14-22-16-25-26(28(5,6)13-12-27(25,3)4)17-24(22)23(15-21)19(2)29-7;1-16(28)21-13-19(17-6-8-18(9-7-17)25(29)30)12-20-14-23-24(15-22(20)21)27(4,5)11-10-26(23,2)3/h8-11,14-17,19H,12-13H2,1-7H3;6-9,12-15H,10-11H2,1-5H3,(H,29,30). The Morgan fingerprint density at radius 1 is 0.559 bits per heavy atom. The predicted octanol–water partition coefficient (Wildman–Crippen LogP) is 14.6. The van der Waals surface area contributed by atoms with Gasteiger partial charge in [-0.3, -0.25) is 4.79 Å². The molecule has 306 valence electrons. The lowest BCUT2D eigenvalue weighted by Crippen LogP contribution is -2.33. The van der Waals surface area contributed by atoms with Crippen molar-refractivity contribution in [2.45, 2.75) is 130 Å². The highest BCUT2D eigenvalue weighted by Crippen LogP contribution is 2.49. The van der Waals surface area contributed by atoms with Crippen LogP contribution in [0.3, 0.4) is 0 Å². The smallest absolute Gasteiger partial charge is 0.335 e. The van der Waals surface area contributed by atoms with Crippen molar-refractivity contribution < 1.29 is 19.4 Å². The first-order chi connectivity index (χ1) is 27.6. The third-order valence-corrected chi connectivity index (χ3v) is 13.9. The van der Waals surface area contributed by atoms with Gasteiger partial charge in [0.25, 0.3) is 0 Å². The molecule has 0 aromatic heterocycles. The number of ketones is 1. The highest BCUT2D eigenvalue weighted by atomic mass is 16.5. The number of hydrogen-bond acceptors (Lipinski definition) is 3. The van der Waals surface area contributed by atoms with Gasteiger partial charge in [-0.15, -0.1) is 0 Å². The first-order valence-electron chi connectivity index (χ1n) is 21.3. The van der Waals surface area contributed by atoms with E-state index in [1.54, 1.807) is 38.3 Å². The number of fused-ring (bicyclic) bond motifs is 4. The van der Waals surface area contributed by atoms with Crippen LogP contribution in [-0.2, 0) is 26.4 Å². The van der Waals surface area contributed by atoms with Crippen LogP contribution in [0.2, 0.25) is 0 Å². The minimum absolute atomic E-state index is 0.0387. The van der Waals surface area contributed by atoms with Crippen molar-refractivity contribution in [1.29, 1.82) is 0 Å². The maximum Gasteiger partial charge on any atom is 0.335 e. The molecule has 8 rings (SSSR count). The maximum absolute atomic E-state index is 12.6. The molecule has 1 unspecified atom stereocenters. The van der Waals surface area contributed by atoms with Crippen LogP contribution >= 0.6 is 0 Å². The van der Waals surface area contributed by atoms with Gasteiger partial charge >= 0.3 is 5.97 Å². The SMILES string of the molecule is CC(=O)c1cc(-c2ccc(C(=O)O)cc2)cc2cc3c(cc12)C(C)(C)CCC3(C)C.COC(C)c1cc(-c2ccc(C)cc2)cc2cc3c(cc12)C(C)(C)CCC3(C)C. The van der Waals surface area contributed by atoms with E-state index in [-0.39, 0.29) is 39.1 Å². The van der Waals surface area contributed by atoms with Crippen molar-refractivity contribution in [2.75, 3.05) is 7.11 Å². The summed E-state index contributed by atoms with van der Waals surface area (Å²) >= 11 is 0. The fraction of sp³-hybridized carbons (Fsp3) is 0.382. The number of methoxy groups -OCH3 is 1. The van der Waals surface area contributed by atoms with Crippen molar-refractivity contribution >= 4 is 33.3 Å². The molecule has 0 spiro atoms. The Labute approximate surface area is 352 Å². The third kappa shape index (κ3) is 8.01. The summed E-state index contributed by atoms with van der Waals surface area (Å²) in [4.78, 5) is 23.7. The number of rotatable bonds is 6. The second-order valence-corrected chi connectivity index (χ2v) is 20.0. The van der Waals surface area contributed by atoms with Gasteiger partial charge in [-0.1, -0.05) is 109 Å². The molecule has 6 aromatic carbocycles. The van der Waals surface area contributed by atoms with Gasteiger partial charge in [0.15, 0.2) is 5.78 Å². The molecule has 1 atom stereocenters. The summed E-state index contributed by atoms with van der Waals surface area (Å²) in [5.41, 5.74) is 14.2. The zero-order valence-corrected chi connectivity index (χ0v) is 37.3. The molecule has 0 fully saturated rings. The van der Waals surface area contributed by atoms with Crippen LogP contribution in [0.4, 0.5) is 0 Å². The molecule has 2 aliphatic rings. The summed E-state index contributed by atoms with van der Waals surface area (Å²) in [6.07, 6.45) is 4.78. The second-order valence-electron chi connectivity index (χ2n) is 20.0. The van der Waals surface area contributed by atoms with Crippen molar-refractivity contribution in [2.24, 2.45) is 0 Å². The number of aromatic carboxylic acids is 1. The lowest BCUT2D eigenvalue weighted by molar-refractivity contribution is 0.0696. The molecule has 1 N–H and O–H groups in total. The van der Waals surface area contributed by atoms with Crippen LogP contribution < -0.4 is 0 Å². The van der Waals surface area contributed by atoms with E-state index in [4.69, 9.17) is 9.84 Å². The summed E-state index contributed by atoms with van der Waals surface area (Å²) < 4.78 is 5.79. The molecule has 6 aromatic rings. The monoisotopic (exact) mass is 786 g/mol. The average Bonchev–Trinajstić information content (AvgIpc) is 3.20. The van der Waals surface area contributed by atoms with Crippen molar-refractivity contribution in [3.05, 3.63) is 142 Å². The highest BCUT2D eigenvalue weighted by Gasteiger charge is 2.39. The number of ether oxygens (including phenoxy) is 1. The molecular weight excluding hydrogens is 725 g/mol. The van der Waals surface area contributed by atoms with Gasteiger partial charge in [0.05, 0.1) is 11.7 Å². The van der Waals surface area contributed by atoms with E-state index in [1.165, 1.54) is 68.1 Å². The molecule has 59 heavy (non-hydrogen) atoms. The molecular formula is C55H62O4. The van der Waals surface area contributed by atoms with Crippen LogP contribution in [0.1, 0.15) is 155 Å². The maximum atomic E-state index is 12.6. The number of carboxylic acids is 1. The van der Waals surface area contributed by atoms with Gasteiger partial charge in [-0.05, 0) is 188 Å². The van der Waals surface area contributed by atoms with Crippen LogP contribution in [0.5, 0.6) is 0 Å². The van der Waals surface area contributed by atoms with Crippen LogP contribution in [0.15, 0.2) is 97.1 Å². The van der Waals surface area contributed by atoms with Crippen LogP contribution in [-0.4, -0.2) is 24.0 Å². The van der Waals surface area contributed by atoms with E-state index >= 15 is 0 Å². The summed E-state index contributed by atoms with van der Waals surface area (Å²) in [6, 6.07) is 33.8. The number of carbonyl (C=O) groups is 2. The molecule has 4 heteroatoms. The zero-order valence-electron chi connectivity index (χ0n) is 37.3. The third-order valence-electron chi connectivity index (χ3n) is 13.9. The Balaban J connectivity index is 0.000000179. The van der Waals surface area contributed by atoms with E-state index in [0.717, 1.165) is 34.7 Å². The Morgan fingerprint density at radius 3 is 1.41 bits per heavy atom. The molecule has 4 nitrogen and oxygen atoms in total. The first-order valence-corrected chi connectivity index (χ1v) is 21.3. The summed E-state index contributed by atoms with van der Waals surface area (Å²) in [7, 11) is 1.81. The largest absolute Gasteiger partial charge is 0.478 e. The van der Waals surface area contributed by atoms with Crippen LogP contribution in [0.25, 0.3) is 43.8 Å². The minimum atomic E-state index is -0.944. The quantitative estimate of drug-likeness (QED) is 0.171. The number of aryl methyl sites for hydroxylation is 1. The summed E-state index contributed by atoms with van der Waals surface area (Å²) in [5.74, 6) is -0.905. The fourth-order valence-corrected chi connectivity index (χ4v) is 9.52. The van der Waals surface area contributed by atoms with E-state index in [9.17, 15) is 9.59 Å². The number of carboxylic acid groups (broad SMARTS) is 1. The summed E-state index contributed by atoms with van der Waals surface area (Å²) in [6.45, 7) is 24.7. The minimum Gasteiger partial charge on any atom is -0.478 e. The number of carbonyl (C=O) groups excluding carboxylic acids is 1. The van der Waals surface area contributed by atoms with E-state index in [1.807, 2.05) is 6.07 Å². The van der Waals surface area contributed by atoms with E-state index in [2.05, 4.69) is 136 Å². The normalized spacial score (nSPS) is 17.6. The molecule has 0 radical (unpaired) electrons. The Hall–Kier alpha value is -5.06. The lowest BCUT2D eigenvalue weighted by Gasteiger charge is -2.42. The number of hydrogen-bond donors (Lipinski definition) is 1. The number of Topliss-reactive ketones (excluding diaryl/α,β-unsaturated/α-hetero) is 1. The van der Waals surface area contributed by atoms with Crippen molar-refractivity contribution in [1.82, 2.24) is 0 Å². The highest BCUT2D eigenvalue weighted by molar-refractivity contribution is 6.09. The molecule has 2 aliphatic carbocycles. The van der Waals surface area contributed by atoms with E-state index < -0.39 is 5.97 Å². The zero-order chi connectivity index (χ0) is 42.8. The Bertz CT molecular complexity index is 2600. The predicted molar refractivity (Wildman–Crippen MR) is 246 cm³/mol. The first kappa shape index (κ1) is 42.1. The van der Waals surface area contributed by atoms with Crippen molar-refractivity contribution in [3.8, 4) is 22.3 Å². The fourth-order valence-electron chi connectivity index (χ4n) is 9.52. The Kier molecular flexibility index (Phi) is 10.8. The molecule has 0 amide bonds. The average molecular weight is 787 g/mol. The van der Waals surface area contributed by atoms with Gasteiger partial charge in [0.1, 0.15) is 0 Å². The second kappa shape index (κ2) is 15.2. The number of benzene rings is 6. The summed E-state index contributed by atoms with van der Waals surface area (Å²) in [5, 5.41) is 13.9. The molecule has 0 bridgehead atoms. The topological polar surface area (TPSA) is 63.6 Å². The van der Waals surface area contributed by atoms with Gasteiger partial charge < -0.3 is 9.84 Å². The Morgan fingerprint density at radius 2 is 0.966 bits per heavy atom. The molecule has 0 saturated carbocycles. The lowest BCUT2D eigenvalue weighted by atomic mass is 9.62. The van der Waals surface area contributed by atoms with Crippen LogP contribution in [0, 0.1) is 6.92 Å². The van der Waals surface area contributed by atoms with E-state index in [0.29, 0.717) is 5.56 Å². The van der Waals surface area contributed by atoms with Gasteiger partial charge in [-0.25, -0.2) is 4.79 Å². The van der Waals surface area contributed by atoms with Gasteiger partial charge in [-0.2, -0.15) is 0 Å². The molecule has 0 heterocycles. The molecule has 0 aliphatic heterocycles. The van der Waals surface area contributed by atoms with Crippen molar-refractivity contribution in [3.63, 3.8) is 0 Å². The van der Waals surface area contributed by atoms with Gasteiger partial charge in [0, 0.05) is 12.7 Å². The van der Waals surface area contributed by atoms with Gasteiger partial charge in [0.2, 0.25) is 0 Å². The molecule has 0 saturated heterocycles.